The van der Waals surface area contributed by atoms with E-state index in [4.69, 9.17) is 0 Å². The summed E-state index contributed by atoms with van der Waals surface area (Å²) >= 11 is 0. The lowest BCUT2D eigenvalue weighted by Crippen LogP contribution is -2.45. The Hall–Kier alpha value is -1.93. The van der Waals surface area contributed by atoms with E-state index in [0.29, 0.717) is 31.6 Å². The molecule has 1 saturated heterocycles. The van der Waals surface area contributed by atoms with Crippen LogP contribution in [0.2, 0.25) is 0 Å². The summed E-state index contributed by atoms with van der Waals surface area (Å²) in [6.07, 6.45) is 1.43. The van der Waals surface area contributed by atoms with Gasteiger partial charge in [0.2, 0.25) is 15.9 Å². The molecular formula is C18H27N3O4S. The highest BCUT2D eigenvalue weighted by Gasteiger charge is 2.35. The van der Waals surface area contributed by atoms with Gasteiger partial charge < -0.3 is 9.80 Å². The fraction of sp³-hybridized carbons (Fsp3) is 0.556. The molecule has 0 aliphatic carbocycles. The highest BCUT2D eigenvalue weighted by molar-refractivity contribution is 7.89. The lowest BCUT2D eigenvalue weighted by Gasteiger charge is -2.26. The largest absolute Gasteiger partial charge is 0.347 e. The van der Waals surface area contributed by atoms with Crippen LogP contribution in [0.5, 0.6) is 0 Å². The standard InChI is InChI=1S/C18H27N3O4S/c1-5-20(6-2)26(24,25)15-11-9-14(10-12-15)17(22)21-13-7-8-16(21)18(23)19(3)4/h9-12,16H,5-8,13H2,1-4H3/t16-/m1/s1. The van der Waals surface area contributed by atoms with Crippen LogP contribution in [0.1, 0.15) is 37.0 Å². The fourth-order valence-electron chi connectivity index (χ4n) is 3.21. The van der Waals surface area contributed by atoms with Crippen molar-refractivity contribution in [3.63, 3.8) is 0 Å². The van der Waals surface area contributed by atoms with Crippen LogP contribution < -0.4 is 0 Å². The van der Waals surface area contributed by atoms with E-state index >= 15 is 0 Å². The highest BCUT2D eigenvalue weighted by Crippen LogP contribution is 2.23. The predicted octanol–water partition coefficient (Wildman–Crippen LogP) is 1.41. The van der Waals surface area contributed by atoms with Gasteiger partial charge in [-0.2, -0.15) is 4.31 Å². The van der Waals surface area contributed by atoms with E-state index in [0.717, 1.165) is 6.42 Å². The van der Waals surface area contributed by atoms with E-state index in [-0.39, 0.29) is 16.7 Å². The second-order valence-corrected chi connectivity index (χ2v) is 8.44. The number of hydrogen-bond acceptors (Lipinski definition) is 4. The normalized spacial score (nSPS) is 17.6. The van der Waals surface area contributed by atoms with Crippen LogP contribution in [0.15, 0.2) is 29.2 Å². The number of likely N-dealkylation sites (N-methyl/N-ethyl adjacent to an activating group) is 1. The van der Waals surface area contributed by atoms with E-state index in [1.165, 1.54) is 33.5 Å². The monoisotopic (exact) mass is 381 g/mol. The van der Waals surface area contributed by atoms with Gasteiger partial charge in [0.15, 0.2) is 0 Å². The number of sulfonamides is 1. The third kappa shape index (κ3) is 3.91. The Bertz CT molecular complexity index is 755. The molecule has 1 aromatic rings. The molecule has 1 fully saturated rings. The molecule has 0 N–H and O–H groups in total. The van der Waals surface area contributed by atoms with Gasteiger partial charge in [0.25, 0.3) is 5.91 Å². The minimum Gasteiger partial charge on any atom is -0.347 e. The predicted molar refractivity (Wildman–Crippen MR) is 99.3 cm³/mol. The van der Waals surface area contributed by atoms with Crippen LogP contribution in [0, 0.1) is 0 Å². The van der Waals surface area contributed by atoms with E-state index in [1.54, 1.807) is 32.8 Å². The molecule has 0 saturated carbocycles. The molecule has 1 aromatic carbocycles. The molecule has 2 amide bonds. The average Bonchev–Trinajstić information content (AvgIpc) is 3.10. The minimum absolute atomic E-state index is 0.0865. The highest BCUT2D eigenvalue weighted by atomic mass is 32.2. The number of amides is 2. The van der Waals surface area contributed by atoms with Crippen molar-refractivity contribution in [3.05, 3.63) is 29.8 Å². The second-order valence-electron chi connectivity index (χ2n) is 6.50. The maximum Gasteiger partial charge on any atom is 0.254 e. The van der Waals surface area contributed by atoms with Gasteiger partial charge in [-0.3, -0.25) is 9.59 Å². The summed E-state index contributed by atoms with van der Waals surface area (Å²) in [5, 5.41) is 0. The first-order valence-corrected chi connectivity index (χ1v) is 10.3. The lowest BCUT2D eigenvalue weighted by molar-refractivity contribution is -0.132. The summed E-state index contributed by atoms with van der Waals surface area (Å²) in [6.45, 7) is 4.88. The minimum atomic E-state index is -3.55. The Morgan fingerprint density at radius 2 is 1.69 bits per heavy atom. The Kier molecular flexibility index (Phi) is 6.41. The average molecular weight is 381 g/mol. The van der Waals surface area contributed by atoms with Crippen molar-refractivity contribution in [1.29, 1.82) is 0 Å². The van der Waals surface area contributed by atoms with Crippen molar-refractivity contribution in [1.82, 2.24) is 14.1 Å². The molecule has 0 bridgehead atoms. The molecule has 8 heteroatoms. The van der Waals surface area contributed by atoms with E-state index in [2.05, 4.69) is 0 Å². The Morgan fingerprint density at radius 1 is 1.12 bits per heavy atom. The van der Waals surface area contributed by atoms with Crippen molar-refractivity contribution in [2.24, 2.45) is 0 Å². The van der Waals surface area contributed by atoms with E-state index in [1.807, 2.05) is 0 Å². The molecule has 1 aliphatic rings. The molecule has 0 aromatic heterocycles. The van der Waals surface area contributed by atoms with Gasteiger partial charge in [-0.15, -0.1) is 0 Å². The summed E-state index contributed by atoms with van der Waals surface area (Å²) in [6, 6.07) is 5.51. The van der Waals surface area contributed by atoms with Crippen LogP contribution in [0.25, 0.3) is 0 Å². The Morgan fingerprint density at radius 3 is 2.19 bits per heavy atom. The number of carbonyl (C=O) groups is 2. The molecule has 26 heavy (non-hydrogen) atoms. The number of rotatable bonds is 6. The smallest absolute Gasteiger partial charge is 0.254 e. The van der Waals surface area contributed by atoms with Crippen molar-refractivity contribution >= 4 is 21.8 Å². The molecule has 144 valence electrons. The van der Waals surface area contributed by atoms with Gasteiger partial charge in [0, 0.05) is 39.3 Å². The first kappa shape index (κ1) is 20.4. The van der Waals surface area contributed by atoms with Gasteiger partial charge in [-0.1, -0.05) is 13.8 Å². The third-order valence-electron chi connectivity index (χ3n) is 4.68. The summed E-state index contributed by atoms with van der Waals surface area (Å²) in [7, 11) is -0.197. The SMILES string of the molecule is CCN(CC)S(=O)(=O)c1ccc(C(=O)N2CCC[C@@H]2C(=O)N(C)C)cc1. The zero-order chi connectivity index (χ0) is 19.5. The van der Waals surface area contributed by atoms with E-state index < -0.39 is 16.1 Å². The molecular weight excluding hydrogens is 354 g/mol. The maximum atomic E-state index is 12.8. The van der Waals surface area contributed by atoms with Crippen LogP contribution in [-0.2, 0) is 14.8 Å². The van der Waals surface area contributed by atoms with Crippen LogP contribution in [0.4, 0.5) is 0 Å². The first-order valence-electron chi connectivity index (χ1n) is 8.86. The lowest BCUT2D eigenvalue weighted by atomic mass is 10.1. The molecule has 1 aliphatic heterocycles. The van der Waals surface area contributed by atoms with Gasteiger partial charge in [0.05, 0.1) is 4.90 Å². The van der Waals surface area contributed by atoms with Crippen LogP contribution in [-0.4, -0.2) is 74.1 Å². The number of benzene rings is 1. The Balaban J connectivity index is 2.23. The summed E-state index contributed by atoms with van der Waals surface area (Å²) in [5.74, 6) is -0.328. The van der Waals surface area contributed by atoms with Gasteiger partial charge in [0.1, 0.15) is 6.04 Å². The van der Waals surface area contributed by atoms with E-state index in [9.17, 15) is 18.0 Å². The number of likely N-dealkylation sites (tertiary alicyclic amines) is 1. The maximum absolute atomic E-state index is 12.8. The number of nitrogens with zero attached hydrogens (tertiary/aromatic N) is 3. The third-order valence-corrected chi connectivity index (χ3v) is 6.75. The first-order chi connectivity index (χ1) is 12.2. The Labute approximate surface area is 155 Å². The molecule has 2 rings (SSSR count). The van der Waals surface area contributed by atoms with Crippen molar-refractivity contribution < 1.29 is 18.0 Å². The second kappa shape index (κ2) is 8.18. The summed E-state index contributed by atoms with van der Waals surface area (Å²) < 4.78 is 26.4. The topological polar surface area (TPSA) is 78.0 Å². The van der Waals surface area contributed by atoms with Gasteiger partial charge in [-0.05, 0) is 37.1 Å². The van der Waals surface area contributed by atoms with Crippen molar-refractivity contribution in [2.45, 2.75) is 37.6 Å². The molecule has 0 spiro atoms. The molecule has 0 radical (unpaired) electrons. The molecule has 1 heterocycles. The summed E-state index contributed by atoms with van der Waals surface area (Å²) in [5.41, 5.74) is 0.391. The summed E-state index contributed by atoms with van der Waals surface area (Å²) in [4.78, 5) is 28.3. The molecule has 7 nitrogen and oxygen atoms in total. The van der Waals surface area contributed by atoms with Gasteiger partial charge in [-0.25, -0.2) is 8.42 Å². The van der Waals surface area contributed by atoms with Crippen molar-refractivity contribution in [3.8, 4) is 0 Å². The van der Waals surface area contributed by atoms with Gasteiger partial charge >= 0.3 is 0 Å². The zero-order valence-electron chi connectivity index (χ0n) is 15.8. The van der Waals surface area contributed by atoms with Crippen LogP contribution in [0.3, 0.4) is 0 Å². The molecule has 0 unspecified atom stereocenters. The number of carbonyl (C=O) groups excluding carboxylic acids is 2. The molecule has 1 atom stereocenters. The van der Waals surface area contributed by atoms with Crippen molar-refractivity contribution in [2.75, 3.05) is 33.7 Å². The van der Waals surface area contributed by atoms with Crippen LogP contribution >= 0.6 is 0 Å². The quantitative estimate of drug-likeness (QED) is 0.746. The number of hydrogen-bond donors (Lipinski definition) is 0. The fourth-order valence-corrected chi connectivity index (χ4v) is 4.67. The zero-order valence-corrected chi connectivity index (χ0v) is 16.6.